The zero-order chi connectivity index (χ0) is 36.5. The third-order valence-corrected chi connectivity index (χ3v) is 14.9. The number of fused-ring (bicyclic) bond motifs is 6. The largest absolute Gasteiger partial charge is 0.305 e. The van der Waals surface area contributed by atoms with Crippen LogP contribution in [0.4, 0.5) is 0 Å². The molecule has 3 heterocycles. The molecule has 54 heavy (non-hydrogen) atoms. The van der Waals surface area contributed by atoms with Gasteiger partial charge >= 0.3 is 0 Å². The van der Waals surface area contributed by atoms with E-state index in [1.165, 1.54) is 86.1 Å². The summed E-state index contributed by atoms with van der Waals surface area (Å²) in [6, 6.07) is 43.5. The van der Waals surface area contributed by atoms with E-state index in [4.69, 9.17) is 4.98 Å². The van der Waals surface area contributed by atoms with Gasteiger partial charge in [-0.05, 0) is 99.3 Å². The number of thiophene rings is 1. The molecule has 3 saturated carbocycles. The summed E-state index contributed by atoms with van der Waals surface area (Å²) in [7, 11) is -1.34. The molecule has 0 amide bonds. The van der Waals surface area contributed by atoms with Gasteiger partial charge in [-0.2, -0.15) is 11.3 Å². The van der Waals surface area contributed by atoms with Crippen molar-refractivity contribution in [2.75, 3.05) is 0 Å². The van der Waals surface area contributed by atoms with E-state index in [1.807, 2.05) is 35.7 Å². The molecule has 0 N–H and O–H groups in total. The summed E-state index contributed by atoms with van der Waals surface area (Å²) in [5.74, 6) is 3.33. The number of benzene rings is 4. The van der Waals surface area contributed by atoms with Gasteiger partial charge in [0.1, 0.15) is 0 Å². The maximum Gasteiger partial charge on any atom is 0.0799 e. The Morgan fingerprint density at radius 2 is 1.56 bits per heavy atom. The monoisotopic (exact) mass is 919 g/mol. The van der Waals surface area contributed by atoms with Crippen molar-refractivity contribution < 1.29 is 20.1 Å². The van der Waals surface area contributed by atoms with Gasteiger partial charge in [-0.1, -0.05) is 117 Å². The quantitative estimate of drug-likeness (QED) is 0.118. The molecular weight excluding hydrogens is 869 g/mol. The van der Waals surface area contributed by atoms with Crippen LogP contribution in [0.2, 0.25) is 19.6 Å². The van der Waals surface area contributed by atoms with Crippen LogP contribution in [0.1, 0.15) is 63.0 Å². The Hall–Kier alpha value is -3.73. The molecule has 0 saturated heterocycles. The Labute approximate surface area is 340 Å². The fraction of sp³-hybridized carbons (Fsp3) is 0.306. The van der Waals surface area contributed by atoms with Gasteiger partial charge in [-0.3, -0.25) is 0 Å². The molecule has 7 aromatic rings. The molecule has 2 nitrogen and oxygen atoms in total. The van der Waals surface area contributed by atoms with Crippen LogP contribution in [-0.2, 0) is 26.5 Å². The molecule has 3 aromatic heterocycles. The molecule has 1 radical (unpaired) electrons. The molecule has 277 valence electrons. The summed E-state index contributed by atoms with van der Waals surface area (Å²) in [6.07, 6.45) is 12.6. The van der Waals surface area contributed by atoms with E-state index in [9.17, 15) is 0 Å². The van der Waals surface area contributed by atoms with Gasteiger partial charge in [-0.15, -0.1) is 59.7 Å². The normalized spacial score (nSPS) is 18.0. The summed E-state index contributed by atoms with van der Waals surface area (Å²) in [5, 5.41) is 4.11. The molecule has 3 fully saturated rings. The summed E-state index contributed by atoms with van der Waals surface area (Å²) in [6.45, 7) is 11.7. The summed E-state index contributed by atoms with van der Waals surface area (Å²) < 4.78 is 2.62. The Balaban J connectivity index is 0.000000193. The van der Waals surface area contributed by atoms with E-state index in [0.29, 0.717) is 5.92 Å². The number of hydrogen-bond acceptors (Lipinski definition) is 3. The Kier molecular flexibility index (Phi) is 11.8. The first-order valence-electron chi connectivity index (χ1n) is 19.6. The van der Waals surface area contributed by atoms with E-state index in [-0.39, 0.29) is 20.1 Å². The van der Waals surface area contributed by atoms with Crippen molar-refractivity contribution in [3.8, 4) is 33.6 Å². The third-order valence-electron chi connectivity index (χ3n) is 11.7. The van der Waals surface area contributed by atoms with Crippen LogP contribution in [-0.4, -0.2) is 18.0 Å². The average molecular weight is 919 g/mol. The summed E-state index contributed by atoms with van der Waals surface area (Å²) >= 11 is 1.87. The molecule has 5 heteroatoms. The second kappa shape index (κ2) is 16.6. The maximum atomic E-state index is 4.81. The van der Waals surface area contributed by atoms with E-state index in [1.54, 1.807) is 0 Å². The van der Waals surface area contributed by atoms with E-state index in [2.05, 4.69) is 142 Å². The van der Waals surface area contributed by atoms with E-state index in [0.717, 1.165) is 40.3 Å². The molecule has 3 aliphatic rings. The van der Waals surface area contributed by atoms with Crippen molar-refractivity contribution in [2.45, 2.75) is 77.9 Å². The smallest absolute Gasteiger partial charge is 0.0799 e. The van der Waals surface area contributed by atoms with E-state index >= 15 is 0 Å². The predicted octanol–water partition coefficient (Wildman–Crippen LogP) is 13.2. The van der Waals surface area contributed by atoms with Crippen molar-refractivity contribution in [3.05, 3.63) is 139 Å². The minimum Gasteiger partial charge on any atom is -0.305 e. The zero-order valence-electron chi connectivity index (χ0n) is 32.2. The first-order valence-corrected chi connectivity index (χ1v) is 23.9. The van der Waals surface area contributed by atoms with Crippen LogP contribution in [0.5, 0.6) is 0 Å². The summed E-state index contributed by atoms with van der Waals surface area (Å²) in [4.78, 5) is 9.47. The van der Waals surface area contributed by atoms with Gasteiger partial charge in [0.25, 0.3) is 0 Å². The van der Waals surface area contributed by atoms with Crippen molar-refractivity contribution >= 4 is 44.8 Å². The van der Waals surface area contributed by atoms with Gasteiger partial charge in [0.15, 0.2) is 0 Å². The molecule has 2 bridgehead atoms. The zero-order valence-corrected chi connectivity index (χ0v) is 36.4. The predicted molar refractivity (Wildman–Crippen MR) is 230 cm³/mol. The third kappa shape index (κ3) is 8.26. The van der Waals surface area contributed by atoms with Crippen LogP contribution < -0.4 is 5.19 Å². The molecular formula is C49H50IrN2SSi-2. The van der Waals surface area contributed by atoms with Crippen LogP contribution >= 0.6 is 11.3 Å². The number of pyridine rings is 2. The minimum absolute atomic E-state index is 0. The Morgan fingerprint density at radius 3 is 2.26 bits per heavy atom. The minimum atomic E-state index is -1.34. The fourth-order valence-corrected chi connectivity index (χ4v) is 11.7. The maximum absolute atomic E-state index is 4.81. The van der Waals surface area contributed by atoms with Crippen LogP contribution in [0.3, 0.4) is 0 Å². The van der Waals surface area contributed by atoms with Crippen LogP contribution in [0.25, 0.3) is 53.8 Å². The second-order valence-electron chi connectivity index (χ2n) is 16.6. The van der Waals surface area contributed by atoms with Crippen molar-refractivity contribution in [1.82, 2.24) is 9.97 Å². The van der Waals surface area contributed by atoms with Crippen molar-refractivity contribution in [3.63, 3.8) is 0 Å². The first kappa shape index (κ1) is 38.5. The molecule has 1 atom stereocenters. The van der Waals surface area contributed by atoms with Crippen LogP contribution in [0.15, 0.2) is 116 Å². The standard InChI is InChI=1S/C32H28NS.C17H22NSi.Ir/c1-2-5-23(6-3-1)25-13-14-27-28-7-4-8-29(32(28)34-31(27)20-25)30-19-22(15-16-33-30)18-26-17-21-9-11-24(26)12-10-21;1-13(2)15-11-16(14-9-7-6-8-10-14)18-12-17(15)19(3,4)5;/h1-7,13-16,19-21,24,26H,9-12,17-18H2;6-9,11-13H,1-5H3;/q2*-1;. The summed E-state index contributed by atoms with van der Waals surface area (Å²) in [5.41, 5.74) is 9.75. The number of aromatic nitrogens is 2. The van der Waals surface area contributed by atoms with Gasteiger partial charge in [0.05, 0.1) is 8.07 Å². The fourth-order valence-electron chi connectivity index (χ4n) is 8.82. The van der Waals surface area contributed by atoms with Gasteiger partial charge in [-0.25, -0.2) is 0 Å². The topological polar surface area (TPSA) is 25.8 Å². The van der Waals surface area contributed by atoms with Gasteiger partial charge in [0, 0.05) is 37.2 Å². The number of hydrogen-bond donors (Lipinski definition) is 0. The molecule has 1 unspecified atom stereocenters. The molecule has 0 spiro atoms. The second-order valence-corrected chi connectivity index (χ2v) is 22.7. The number of rotatable bonds is 7. The van der Waals surface area contributed by atoms with Crippen molar-refractivity contribution in [1.29, 1.82) is 0 Å². The Bertz CT molecular complexity index is 2340. The number of nitrogens with zero attached hydrogens (tertiary/aromatic N) is 2. The Morgan fingerprint density at radius 1 is 0.759 bits per heavy atom. The average Bonchev–Trinajstić information content (AvgIpc) is 3.57. The molecule has 10 rings (SSSR count). The van der Waals surface area contributed by atoms with Gasteiger partial charge in [0.2, 0.25) is 0 Å². The van der Waals surface area contributed by atoms with Crippen LogP contribution in [0, 0.1) is 29.9 Å². The molecule has 0 aliphatic heterocycles. The first-order chi connectivity index (χ1) is 25.7. The SMILES string of the molecule is CC(C)c1cc(-c2[c-]cccc2)ncc1[Si](C)(C)C.[Ir].[c-]1ccc2c(sc3cc(-c4ccccc4)ccc32)c1-c1cc(CC2CC3CCC2CC3)ccn1. The van der Waals surface area contributed by atoms with Crippen molar-refractivity contribution in [2.24, 2.45) is 17.8 Å². The van der Waals surface area contributed by atoms with Gasteiger partial charge < -0.3 is 9.97 Å². The molecule has 3 aliphatic carbocycles. The van der Waals surface area contributed by atoms with E-state index < -0.39 is 8.07 Å². The molecule has 4 aromatic carbocycles.